The quantitative estimate of drug-likeness (QED) is 0.406. The van der Waals surface area contributed by atoms with Crippen molar-refractivity contribution in [1.82, 2.24) is 0 Å². The molecular weight excluding hydrogens is 432 g/mol. The van der Waals surface area contributed by atoms with Gasteiger partial charge in [0, 0.05) is 26.2 Å². The minimum Gasteiger partial charge on any atom is -0.460 e. The van der Waals surface area contributed by atoms with Crippen molar-refractivity contribution in [2.75, 3.05) is 19.8 Å². The summed E-state index contributed by atoms with van der Waals surface area (Å²) in [5.41, 5.74) is -1.65. The number of aliphatic hydroxyl groups is 3. The van der Waals surface area contributed by atoms with Crippen LogP contribution >= 0.6 is 0 Å². The first-order chi connectivity index (χ1) is 14.5. The summed E-state index contributed by atoms with van der Waals surface area (Å²) in [6.45, 7) is 22.2. The molecule has 0 saturated carbocycles. The molecule has 0 aliphatic rings. The number of carbonyl (C=O) groups excluding carboxylic acids is 3. The second-order valence-corrected chi connectivity index (χ2v) is 10.4. The van der Waals surface area contributed by atoms with Crippen LogP contribution in [0, 0.1) is 5.41 Å². The molecule has 0 unspecified atom stereocenters. The Morgan fingerprint density at radius 1 is 0.545 bits per heavy atom. The molecule has 0 spiro atoms. The van der Waals surface area contributed by atoms with Crippen LogP contribution in [0.5, 0.6) is 0 Å². The topological polar surface area (TPSA) is 140 Å². The van der Waals surface area contributed by atoms with Crippen molar-refractivity contribution < 1.29 is 43.9 Å². The van der Waals surface area contributed by atoms with Gasteiger partial charge in [0.05, 0.1) is 19.8 Å². The molecule has 0 bridgehead atoms. The van der Waals surface area contributed by atoms with Crippen LogP contribution in [0.25, 0.3) is 0 Å². The summed E-state index contributed by atoms with van der Waals surface area (Å²) in [4.78, 5) is 30.7. The number of hydrogen-bond acceptors (Lipinski definition) is 9. The molecule has 0 aromatic carbocycles. The Bertz CT molecular complexity index is 452. The molecule has 9 heteroatoms. The van der Waals surface area contributed by atoms with Gasteiger partial charge < -0.3 is 29.5 Å². The Balaban J connectivity index is -0.000000170. The number of carbonyl (C=O) groups is 3. The summed E-state index contributed by atoms with van der Waals surface area (Å²) in [5.74, 6) is -0.674. The van der Waals surface area contributed by atoms with Crippen molar-refractivity contribution in [2.45, 2.75) is 113 Å². The fourth-order valence-electron chi connectivity index (χ4n) is 1.78. The summed E-state index contributed by atoms with van der Waals surface area (Å²) in [7, 11) is 0. The van der Waals surface area contributed by atoms with E-state index in [1.807, 2.05) is 69.2 Å². The highest BCUT2D eigenvalue weighted by Gasteiger charge is 2.24. The minimum absolute atomic E-state index is 0.156. The van der Waals surface area contributed by atoms with Crippen molar-refractivity contribution in [1.29, 1.82) is 0 Å². The Morgan fingerprint density at radius 2 is 0.727 bits per heavy atom. The largest absolute Gasteiger partial charge is 0.460 e. The summed E-state index contributed by atoms with van der Waals surface area (Å²) in [5, 5.41) is 26.0. The summed E-state index contributed by atoms with van der Waals surface area (Å²) in [6.07, 6.45) is 0.594. The molecule has 0 aromatic heterocycles. The maximum Gasteiger partial charge on any atom is 0.303 e. The first kappa shape index (κ1) is 38.5. The lowest BCUT2D eigenvalue weighted by molar-refractivity contribution is -0.153. The first-order valence-corrected chi connectivity index (χ1v) is 10.9. The number of rotatable bonds is 4. The van der Waals surface area contributed by atoms with Crippen molar-refractivity contribution in [3.63, 3.8) is 0 Å². The van der Waals surface area contributed by atoms with E-state index in [0.717, 1.165) is 0 Å². The van der Waals surface area contributed by atoms with Crippen molar-refractivity contribution in [2.24, 2.45) is 5.41 Å². The molecule has 0 fully saturated rings. The van der Waals surface area contributed by atoms with E-state index in [1.54, 1.807) is 0 Å². The van der Waals surface area contributed by atoms with Crippen LogP contribution < -0.4 is 0 Å². The van der Waals surface area contributed by atoms with Crippen LogP contribution in [0.1, 0.15) is 96.4 Å². The summed E-state index contributed by atoms with van der Waals surface area (Å²) >= 11 is 0. The monoisotopic (exact) mass is 482 g/mol. The molecule has 3 N–H and O–H groups in total. The summed E-state index contributed by atoms with van der Waals surface area (Å²) in [6, 6.07) is 0. The fraction of sp³-hybridized carbons (Fsp3) is 0.875. The number of aliphatic hydroxyl groups excluding tert-OH is 3. The average Bonchev–Trinajstić information content (AvgIpc) is 2.52. The highest BCUT2D eigenvalue weighted by Crippen LogP contribution is 2.18. The third-order valence-corrected chi connectivity index (χ3v) is 3.11. The smallest absolute Gasteiger partial charge is 0.303 e. The van der Waals surface area contributed by atoms with E-state index in [2.05, 4.69) is 0 Å². The second-order valence-electron chi connectivity index (χ2n) is 10.4. The third kappa shape index (κ3) is 37.9. The summed E-state index contributed by atoms with van der Waals surface area (Å²) < 4.78 is 14.4. The van der Waals surface area contributed by atoms with Gasteiger partial charge in [0.15, 0.2) is 0 Å². The zero-order valence-corrected chi connectivity index (χ0v) is 23.1. The van der Waals surface area contributed by atoms with Crippen molar-refractivity contribution in [3.05, 3.63) is 0 Å². The molecule has 9 nitrogen and oxygen atoms in total. The molecule has 0 atom stereocenters. The van der Waals surface area contributed by atoms with Gasteiger partial charge in [0.2, 0.25) is 0 Å². The van der Waals surface area contributed by atoms with Gasteiger partial charge in [-0.05, 0) is 68.7 Å². The molecule has 0 radical (unpaired) electrons. The maximum atomic E-state index is 10.2. The van der Waals surface area contributed by atoms with E-state index in [0.29, 0.717) is 6.42 Å². The van der Waals surface area contributed by atoms with E-state index in [9.17, 15) is 14.4 Å². The lowest BCUT2D eigenvalue weighted by Crippen LogP contribution is -2.32. The van der Waals surface area contributed by atoms with Crippen molar-refractivity contribution in [3.8, 4) is 0 Å². The molecular formula is C24H50O9. The van der Waals surface area contributed by atoms with E-state index in [-0.39, 0.29) is 54.5 Å². The van der Waals surface area contributed by atoms with Gasteiger partial charge in [0.1, 0.15) is 16.8 Å². The van der Waals surface area contributed by atoms with Gasteiger partial charge in [-0.15, -0.1) is 0 Å². The normalized spacial score (nSPS) is 11.3. The van der Waals surface area contributed by atoms with E-state index in [4.69, 9.17) is 29.5 Å². The van der Waals surface area contributed by atoms with Crippen LogP contribution in [0.4, 0.5) is 0 Å². The molecule has 33 heavy (non-hydrogen) atoms. The predicted molar refractivity (Wildman–Crippen MR) is 129 cm³/mol. The predicted octanol–water partition coefficient (Wildman–Crippen LogP) is 3.40. The van der Waals surface area contributed by atoms with Gasteiger partial charge in [-0.3, -0.25) is 14.4 Å². The lowest BCUT2D eigenvalue weighted by atomic mass is 9.88. The molecule has 0 aliphatic heterocycles. The van der Waals surface area contributed by atoms with Crippen LogP contribution in [0.2, 0.25) is 0 Å². The number of ether oxygens (including phenoxy) is 3. The number of hydrogen-bond donors (Lipinski definition) is 3. The van der Waals surface area contributed by atoms with Gasteiger partial charge in [0.25, 0.3) is 0 Å². The van der Waals surface area contributed by atoms with Gasteiger partial charge >= 0.3 is 17.9 Å². The Labute approximate surface area is 200 Å². The SMILES string of the molecule is CC(=O)OC(C)(C)C.CC(=O)OC(C)(C)C.CC(=O)OC(C)(C)C.CCC(CO)(CO)CO. The number of esters is 3. The lowest BCUT2D eigenvalue weighted by Gasteiger charge is -2.24. The van der Waals surface area contributed by atoms with Gasteiger partial charge in [-0.2, -0.15) is 0 Å². The zero-order chi connectivity index (χ0) is 27.7. The molecule has 200 valence electrons. The van der Waals surface area contributed by atoms with E-state index < -0.39 is 5.41 Å². The molecule has 0 aromatic rings. The second kappa shape index (κ2) is 17.7. The van der Waals surface area contributed by atoms with Crippen LogP contribution in [-0.4, -0.2) is 69.9 Å². The van der Waals surface area contributed by atoms with E-state index >= 15 is 0 Å². The van der Waals surface area contributed by atoms with Crippen LogP contribution in [0.15, 0.2) is 0 Å². The third-order valence-electron chi connectivity index (χ3n) is 3.11. The van der Waals surface area contributed by atoms with Gasteiger partial charge in [-0.25, -0.2) is 0 Å². The minimum atomic E-state index is -0.667. The Morgan fingerprint density at radius 3 is 0.727 bits per heavy atom. The van der Waals surface area contributed by atoms with Crippen LogP contribution in [-0.2, 0) is 28.6 Å². The highest BCUT2D eigenvalue weighted by atomic mass is 16.6. The van der Waals surface area contributed by atoms with Crippen molar-refractivity contribution >= 4 is 17.9 Å². The highest BCUT2D eigenvalue weighted by molar-refractivity contribution is 5.67. The zero-order valence-electron chi connectivity index (χ0n) is 23.1. The molecule has 0 saturated heterocycles. The van der Waals surface area contributed by atoms with E-state index in [1.165, 1.54) is 20.8 Å². The van der Waals surface area contributed by atoms with Crippen LogP contribution in [0.3, 0.4) is 0 Å². The molecule has 0 amide bonds. The maximum absolute atomic E-state index is 10.2. The Hall–Kier alpha value is -1.71. The van der Waals surface area contributed by atoms with Gasteiger partial charge in [-0.1, -0.05) is 6.92 Å². The first-order valence-electron chi connectivity index (χ1n) is 10.9. The standard InChI is InChI=1S/C6H14O3.3C6H12O2/c1-2-6(3-7,4-8)5-9;3*1-5(7)8-6(2,3)4/h7-9H,2-5H2,1H3;3*1-4H3. The molecule has 0 heterocycles. The molecule has 0 aliphatic carbocycles. The Kier molecular flexibility index (Phi) is 20.7. The molecule has 0 rings (SSSR count). The fourth-order valence-corrected chi connectivity index (χ4v) is 1.78. The average molecular weight is 483 g/mol.